The van der Waals surface area contributed by atoms with Crippen molar-refractivity contribution in [3.8, 4) is 34.5 Å². The second kappa shape index (κ2) is 20.9. The molecular formula is C68H58N2O8S. The molecule has 0 saturated carbocycles. The predicted octanol–water partition coefficient (Wildman–Crippen LogP) is 12.8. The molecule has 1 aromatic heterocycles. The first-order valence-corrected chi connectivity index (χ1v) is 27.9. The molecule has 0 radical (unpaired) electrons. The number of benzene rings is 8. The lowest BCUT2D eigenvalue weighted by atomic mass is 9.87. The van der Waals surface area contributed by atoms with Gasteiger partial charge >= 0.3 is 0 Å². The number of phenolic OH excluding ortho intramolecular Hbond substituents is 6. The summed E-state index contributed by atoms with van der Waals surface area (Å²) in [6, 6.07) is 51.4. The SMILES string of the molecule is Oc1c2cccc1Cc1cccc(c1O)Cc1cccc(c1C[C@@H]1CC(c3ccc(C4=NO[C@H](Cc5c6cccc5Cc5cccc(c5O)Cc5cccc(c5O)Cc5cccc(c5O)C6)C4)s3)=NO1)Cc1cccc(c1O)C2. The summed E-state index contributed by atoms with van der Waals surface area (Å²) in [5.41, 5.74) is 17.1. The van der Waals surface area contributed by atoms with Crippen LogP contribution in [-0.2, 0) is 73.9 Å². The summed E-state index contributed by atoms with van der Waals surface area (Å²) in [7, 11) is 0. The smallest absolute Gasteiger partial charge is 0.137 e. The first-order chi connectivity index (χ1) is 38.6. The first kappa shape index (κ1) is 49.8. The van der Waals surface area contributed by atoms with E-state index in [2.05, 4.69) is 58.8 Å². The molecule has 4 aliphatic rings. The Hall–Kier alpha value is -8.80. The second-order valence-electron chi connectivity index (χ2n) is 21.6. The summed E-state index contributed by atoms with van der Waals surface area (Å²) < 4.78 is 0. The molecule has 10 nitrogen and oxygen atoms in total. The topological polar surface area (TPSA) is 165 Å². The van der Waals surface area contributed by atoms with Gasteiger partial charge in [0.05, 0.1) is 9.75 Å². The maximum absolute atomic E-state index is 11.8. The van der Waals surface area contributed by atoms with Crippen molar-refractivity contribution in [1.29, 1.82) is 0 Å². The molecule has 3 heterocycles. The van der Waals surface area contributed by atoms with Crippen LogP contribution in [0.2, 0.25) is 0 Å². The van der Waals surface area contributed by atoms with Crippen LogP contribution in [0.15, 0.2) is 168 Å². The predicted molar refractivity (Wildman–Crippen MR) is 308 cm³/mol. The third-order valence-electron chi connectivity index (χ3n) is 16.5. The van der Waals surface area contributed by atoms with Gasteiger partial charge in [-0.1, -0.05) is 156 Å². The van der Waals surface area contributed by atoms with Crippen LogP contribution >= 0.6 is 11.3 Å². The lowest BCUT2D eigenvalue weighted by Gasteiger charge is -2.20. The van der Waals surface area contributed by atoms with Crippen LogP contribution in [0.1, 0.15) is 123 Å². The Bertz CT molecular complexity index is 3490. The number of fused-ring (bicyclic) bond motifs is 16. The van der Waals surface area contributed by atoms with Gasteiger partial charge in [-0.3, -0.25) is 0 Å². The summed E-state index contributed by atoms with van der Waals surface area (Å²) in [4.78, 5) is 14.5. The molecule has 11 heteroatoms. The van der Waals surface area contributed by atoms with Gasteiger partial charge in [0.15, 0.2) is 0 Å². The maximum Gasteiger partial charge on any atom is 0.137 e. The molecule has 6 N–H and O–H groups in total. The average Bonchev–Trinajstić information content (AvgIpc) is 4.30. The molecule has 13 rings (SSSR count). The van der Waals surface area contributed by atoms with E-state index in [1.165, 1.54) is 0 Å². The highest BCUT2D eigenvalue weighted by molar-refractivity contribution is 7.16. The molecule has 9 aromatic rings. The van der Waals surface area contributed by atoms with Crippen molar-refractivity contribution in [3.05, 3.63) is 268 Å². The van der Waals surface area contributed by atoms with Crippen molar-refractivity contribution < 1.29 is 40.3 Å². The third kappa shape index (κ3) is 9.84. The number of hydrogen-bond acceptors (Lipinski definition) is 11. The van der Waals surface area contributed by atoms with E-state index in [9.17, 15) is 30.6 Å². The molecule has 2 aliphatic heterocycles. The summed E-state index contributed by atoms with van der Waals surface area (Å²) in [5.74, 6) is 1.22. The number of aromatic hydroxyl groups is 6. The monoisotopic (exact) mass is 1060 g/mol. The Morgan fingerprint density at radius 1 is 0.304 bits per heavy atom. The summed E-state index contributed by atoms with van der Waals surface area (Å²) in [6.07, 6.45) is 5.12. The number of rotatable bonds is 6. The van der Waals surface area contributed by atoms with Gasteiger partial charge in [-0.2, -0.15) is 0 Å². The van der Waals surface area contributed by atoms with Gasteiger partial charge in [-0.05, 0) is 112 Å². The highest BCUT2D eigenvalue weighted by atomic mass is 32.1. The molecule has 2 aliphatic carbocycles. The van der Waals surface area contributed by atoms with Crippen molar-refractivity contribution in [1.82, 2.24) is 0 Å². The maximum atomic E-state index is 11.8. The van der Waals surface area contributed by atoms with E-state index < -0.39 is 0 Å². The fraction of sp³-hybridized carbons (Fsp3) is 0.206. The molecule has 0 unspecified atom stereocenters. The minimum atomic E-state index is -0.254. The molecule has 2 atom stereocenters. The first-order valence-electron chi connectivity index (χ1n) is 27.1. The summed E-state index contributed by atoms with van der Waals surface area (Å²) in [6.45, 7) is 0. The quantitative estimate of drug-likeness (QED) is 0.0958. The van der Waals surface area contributed by atoms with Crippen molar-refractivity contribution in [2.75, 3.05) is 0 Å². The van der Waals surface area contributed by atoms with Crippen molar-refractivity contribution in [2.45, 2.75) is 89.3 Å². The normalized spacial score (nSPS) is 16.6. The van der Waals surface area contributed by atoms with Crippen LogP contribution in [0.3, 0.4) is 0 Å². The zero-order valence-electron chi connectivity index (χ0n) is 43.5. The van der Waals surface area contributed by atoms with Crippen molar-refractivity contribution in [3.63, 3.8) is 0 Å². The number of para-hydroxylation sites is 6. The van der Waals surface area contributed by atoms with Crippen LogP contribution in [-0.4, -0.2) is 54.3 Å². The highest BCUT2D eigenvalue weighted by Crippen LogP contribution is 2.40. The molecule has 394 valence electrons. The Morgan fingerprint density at radius 2 is 0.506 bits per heavy atom. The molecule has 79 heavy (non-hydrogen) atoms. The fourth-order valence-corrected chi connectivity index (χ4v) is 13.2. The van der Waals surface area contributed by atoms with E-state index in [1.54, 1.807) is 11.3 Å². The van der Waals surface area contributed by atoms with E-state index in [0.717, 1.165) is 99.1 Å². The van der Waals surface area contributed by atoms with Crippen molar-refractivity contribution >= 4 is 22.8 Å². The lowest BCUT2D eigenvalue weighted by molar-refractivity contribution is 0.0855. The van der Waals surface area contributed by atoms with Crippen molar-refractivity contribution in [2.24, 2.45) is 10.3 Å². The van der Waals surface area contributed by atoms with Crippen LogP contribution in [0, 0.1) is 0 Å². The van der Waals surface area contributed by atoms with Crippen LogP contribution in [0.5, 0.6) is 34.5 Å². The minimum Gasteiger partial charge on any atom is -0.507 e. The number of thiophene rings is 1. The Morgan fingerprint density at radius 3 is 0.734 bits per heavy atom. The van der Waals surface area contributed by atoms with E-state index in [1.807, 2.05) is 109 Å². The van der Waals surface area contributed by atoms with Gasteiger partial charge in [-0.25, -0.2) is 0 Å². The third-order valence-corrected chi connectivity index (χ3v) is 17.7. The van der Waals surface area contributed by atoms with E-state index in [0.29, 0.717) is 99.3 Å². The zero-order chi connectivity index (χ0) is 53.7. The average molecular weight is 1060 g/mol. The van der Waals surface area contributed by atoms with Gasteiger partial charge in [0.25, 0.3) is 0 Å². The largest absolute Gasteiger partial charge is 0.507 e. The van der Waals surface area contributed by atoms with E-state index >= 15 is 0 Å². The fourth-order valence-electron chi connectivity index (χ4n) is 12.3. The summed E-state index contributed by atoms with van der Waals surface area (Å²) >= 11 is 1.62. The molecule has 16 bridgehead atoms. The number of hydrogen-bond donors (Lipinski definition) is 6. The van der Waals surface area contributed by atoms with Crippen LogP contribution in [0.4, 0.5) is 0 Å². The number of nitrogens with zero attached hydrogens (tertiary/aromatic N) is 2. The molecule has 0 spiro atoms. The van der Waals surface area contributed by atoms with Crippen LogP contribution < -0.4 is 0 Å². The van der Waals surface area contributed by atoms with E-state index in [4.69, 9.17) is 9.68 Å². The highest BCUT2D eigenvalue weighted by Gasteiger charge is 2.30. The second-order valence-corrected chi connectivity index (χ2v) is 22.7. The lowest BCUT2D eigenvalue weighted by Crippen LogP contribution is -2.15. The molecule has 0 fully saturated rings. The standard InChI is InChI=1S/C68H58N2O8S/c71-63-43-13-3-17-47(63)31-51-21-7-22-52(67(51)75)32-48-18-4-14-44(64(48)72)28-40-10-1-9-39(27-43)57(40)35-55-37-59(69-77-55)61-25-26-62(79-61)60-38-56(78-70-60)36-58-41-11-2-12-42(58)30-46-16-6-20-50(66(46)74)34-54-24-8-23-53(68(54)76)33-49-19-5-15-45(29-41)65(49)73/h1-26,55-56,71-76H,27-38H2/t55-,56-/m1/s1. The Balaban J connectivity index is 0.740. The number of phenols is 6. The minimum absolute atomic E-state index is 0.173. The Kier molecular flexibility index (Phi) is 13.1. The molecule has 0 saturated heterocycles. The molecule has 8 aromatic carbocycles. The number of oxime groups is 2. The van der Waals surface area contributed by atoms with E-state index in [-0.39, 0.29) is 46.7 Å². The van der Waals surface area contributed by atoms with Gasteiger partial charge in [0, 0.05) is 77.0 Å². The summed E-state index contributed by atoms with van der Waals surface area (Å²) in [5, 5.41) is 79.2. The molecular weight excluding hydrogens is 1000 g/mol. The van der Waals surface area contributed by atoms with Gasteiger partial charge < -0.3 is 40.3 Å². The molecule has 0 amide bonds. The zero-order valence-corrected chi connectivity index (χ0v) is 44.3. The van der Waals surface area contributed by atoms with Crippen LogP contribution in [0.25, 0.3) is 0 Å². The van der Waals surface area contributed by atoms with Gasteiger partial charge in [0.1, 0.15) is 58.1 Å². The Labute approximate surface area is 462 Å². The van der Waals surface area contributed by atoms with Gasteiger partial charge in [-0.15, -0.1) is 11.3 Å². The van der Waals surface area contributed by atoms with Gasteiger partial charge in [0.2, 0.25) is 0 Å².